The molecule has 0 unspecified atom stereocenters. The quantitative estimate of drug-likeness (QED) is 0.829. The predicted molar refractivity (Wildman–Crippen MR) is 82.3 cm³/mol. The van der Waals surface area contributed by atoms with Crippen molar-refractivity contribution in [2.24, 2.45) is 0 Å². The Hall–Kier alpha value is -2.06. The smallest absolute Gasteiger partial charge is 0.142 e. The summed E-state index contributed by atoms with van der Waals surface area (Å²) < 4.78 is 5.97. The highest BCUT2D eigenvalue weighted by Gasteiger charge is 2.18. The molecule has 0 fully saturated rings. The van der Waals surface area contributed by atoms with Gasteiger partial charge in [-0.1, -0.05) is 60.7 Å². The van der Waals surface area contributed by atoms with Gasteiger partial charge in [0.15, 0.2) is 0 Å². The lowest BCUT2D eigenvalue weighted by atomic mass is 10.1. The minimum absolute atomic E-state index is 0.649. The Morgan fingerprint density at radius 2 is 1.95 bits per heavy atom. The van der Waals surface area contributed by atoms with Crippen molar-refractivity contribution in [3.63, 3.8) is 0 Å². The summed E-state index contributed by atoms with van der Waals surface area (Å²) in [6.07, 6.45) is 4.15. The molecule has 0 saturated carbocycles. The Kier molecular flexibility index (Phi) is 3.84. The van der Waals surface area contributed by atoms with Crippen LogP contribution in [0.15, 0.2) is 54.6 Å². The summed E-state index contributed by atoms with van der Waals surface area (Å²) >= 11 is 0. The third kappa shape index (κ3) is 2.75. The van der Waals surface area contributed by atoms with Gasteiger partial charge in [-0.05, 0) is 12.5 Å². The van der Waals surface area contributed by atoms with Crippen LogP contribution in [-0.2, 0) is 13.1 Å². The number of ether oxygens (including phenoxy) is 1. The maximum atomic E-state index is 5.97. The molecule has 2 aromatic rings. The van der Waals surface area contributed by atoms with Gasteiger partial charge in [0.25, 0.3) is 0 Å². The molecule has 102 valence electrons. The highest BCUT2D eigenvalue weighted by atomic mass is 16.5. The highest BCUT2D eigenvalue weighted by molar-refractivity contribution is 5.60. The number of fused-ring (bicyclic) bond motifs is 1. The number of allylic oxidation sites excluding steroid dienone is 1. The first-order valence-electron chi connectivity index (χ1n) is 7.00. The topological polar surface area (TPSA) is 12.5 Å². The van der Waals surface area contributed by atoms with Gasteiger partial charge >= 0.3 is 0 Å². The summed E-state index contributed by atoms with van der Waals surface area (Å²) in [6.45, 7) is 4.55. The van der Waals surface area contributed by atoms with Crippen molar-refractivity contribution in [3.05, 3.63) is 71.3 Å². The lowest BCUT2D eigenvalue weighted by Gasteiger charge is -2.30. The third-order valence-corrected chi connectivity index (χ3v) is 3.51. The SMILES string of the molecule is C/C=C/c1cccc2c1OCN(Cc1ccccc1)C2. The zero-order chi connectivity index (χ0) is 13.8. The van der Waals surface area contributed by atoms with Gasteiger partial charge in [-0.3, -0.25) is 4.90 Å². The molecular formula is C18H19NO. The van der Waals surface area contributed by atoms with Crippen LogP contribution in [0.25, 0.3) is 6.08 Å². The highest BCUT2D eigenvalue weighted by Crippen LogP contribution is 2.30. The maximum Gasteiger partial charge on any atom is 0.142 e. The van der Waals surface area contributed by atoms with Gasteiger partial charge in [0.2, 0.25) is 0 Å². The van der Waals surface area contributed by atoms with Crippen LogP contribution in [-0.4, -0.2) is 11.6 Å². The van der Waals surface area contributed by atoms with Crippen LogP contribution in [0, 0.1) is 0 Å². The van der Waals surface area contributed by atoms with Crippen LogP contribution in [0.3, 0.4) is 0 Å². The molecule has 0 radical (unpaired) electrons. The second-order valence-corrected chi connectivity index (χ2v) is 5.08. The van der Waals surface area contributed by atoms with Crippen LogP contribution in [0.1, 0.15) is 23.6 Å². The predicted octanol–water partition coefficient (Wildman–Crippen LogP) is 4.07. The van der Waals surface area contributed by atoms with Crippen molar-refractivity contribution in [1.82, 2.24) is 4.90 Å². The van der Waals surface area contributed by atoms with Crippen molar-refractivity contribution in [2.75, 3.05) is 6.73 Å². The summed E-state index contributed by atoms with van der Waals surface area (Å²) in [6, 6.07) is 16.9. The van der Waals surface area contributed by atoms with E-state index in [1.165, 1.54) is 16.7 Å². The average molecular weight is 265 g/mol. The monoisotopic (exact) mass is 265 g/mol. The minimum atomic E-state index is 0.649. The molecule has 0 atom stereocenters. The molecule has 0 amide bonds. The van der Waals surface area contributed by atoms with E-state index >= 15 is 0 Å². The maximum absolute atomic E-state index is 5.97. The summed E-state index contributed by atoms with van der Waals surface area (Å²) in [5.74, 6) is 1.04. The molecule has 20 heavy (non-hydrogen) atoms. The summed E-state index contributed by atoms with van der Waals surface area (Å²) in [4.78, 5) is 2.32. The number of rotatable bonds is 3. The van der Waals surface area contributed by atoms with Gasteiger partial charge in [0, 0.05) is 24.2 Å². The second-order valence-electron chi connectivity index (χ2n) is 5.08. The van der Waals surface area contributed by atoms with Gasteiger partial charge in [-0.2, -0.15) is 0 Å². The Bertz CT molecular complexity index is 604. The average Bonchev–Trinajstić information content (AvgIpc) is 2.49. The van der Waals surface area contributed by atoms with E-state index < -0.39 is 0 Å². The van der Waals surface area contributed by atoms with Crippen LogP contribution < -0.4 is 4.74 Å². The molecule has 0 aliphatic carbocycles. The first kappa shape index (κ1) is 12.9. The number of hydrogen-bond acceptors (Lipinski definition) is 2. The molecule has 2 nitrogen and oxygen atoms in total. The summed E-state index contributed by atoms with van der Waals surface area (Å²) in [7, 11) is 0. The molecule has 1 aliphatic rings. The normalized spacial score (nSPS) is 15.1. The molecule has 0 aromatic heterocycles. The number of benzene rings is 2. The lowest BCUT2D eigenvalue weighted by Crippen LogP contribution is -2.31. The zero-order valence-corrected chi connectivity index (χ0v) is 11.8. The second kappa shape index (κ2) is 5.93. The molecule has 0 N–H and O–H groups in total. The molecule has 0 saturated heterocycles. The summed E-state index contributed by atoms with van der Waals surface area (Å²) in [5, 5.41) is 0. The van der Waals surface area contributed by atoms with Crippen LogP contribution >= 0.6 is 0 Å². The van der Waals surface area contributed by atoms with E-state index in [9.17, 15) is 0 Å². The van der Waals surface area contributed by atoms with Crippen LogP contribution in [0.2, 0.25) is 0 Å². The van der Waals surface area contributed by atoms with Gasteiger partial charge < -0.3 is 4.74 Å². The molecule has 0 bridgehead atoms. The van der Waals surface area contributed by atoms with Gasteiger partial charge in [-0.15, -0.1) is 0 Å². The molecular weight excluding hydrogens is 246 g/mol. The Balaban J connectivity index is 1.77. The zero-order valence-electron chi connectivity index (χ0n) is 11.8. The Morgan fingerprint density at radius 3 is 2.75 bits per heavy atom. The fourth-order valence-electron chi connectivity index (χ4n) is 2.60. The van der Waals surface area contributed by atoms with Gasteiger partial charge in [0.05, 0.1) is 0 Å². The van der Waals surface area contributed by atoms with E-state index in [0.717, 1.165) is 18.8 Å². The van der Waals surface area contributed by atoms with E-state index in [4.69, 9.17) is 4.74 Å². The lowest BCUT2D eigenvalue weighted by molar-refractivity contribution is 0.0885. The van der Waals surface area contributed by atoms with Crippen molar-refractivity contribution in [3.8, 4) is 5.75 Å². The third-order valence-electron chi connectivity index (χ3n) is 3.51. The van der Waals surface area contributed by atoms with E-state index in [0.29, 0.717) is 6.73 Å². The fourth-order valence-corrected chi connectivity index (χ4v) is 2.60. The minimum Gasteiger partial charge on any atom is -0.477 e. The largest absolute Gasteiger partial charge is 0.477 e. The molecule has 3 rings (SSSR count). The van der Waals surface area contributed by atoms with Gasteiger partial charge in [-0.25, -0.2) is 0 Å². The molecule has 0 spiro atoms. The van der Waals surface area contributed by atoms with Crippen LogP contribution in [0.4, 0.5) is 0 Å². The molecule has 1 aliphatic heterocycles. The molecule has 2 heteroatoms. The van der Waals surface area contributed by atoms with E-state index in [-0.39, 0.29) is 0 Å². The number of para-hydroxylation sites is 1. The number of nitrogens with zero attached hydrogens (tertiary/aromatic N) is 1. The first-order valence-corrected chi connectivity index (χ1v) is 7.00. The van der Waals surface area contributed by atoms with Crippen molar-refractivity contribution in [2.45, 2.75) is 20.0 Å². The summed E-state index contributed by atoms with van der Waals surface area (Å²) in [5.41, 5.74) is 3.76. The number of hydrogen-bond donors (Lipinski definition) is 0. The standard InChI is InChI=1S/C18H19NO/c1-2-7-16-10-6-11-17-13-19(14-20-18(16)17)12-15-8-4-3-5-9-15/h2-11H,12-14H2,1H3/b7-2+. The molecule has 2 aromatic carbocycles. The van der Waals surface area contributed by atoms with Crippen LogP contribution in [0.5, 0.6) is 5.75 Å². The fraction of sp³-hybridized carbons (Fsp3) is 0.222. The van der Waals surface area contributed by atoms with Crippen molar-refractivity contribution < 1.29 is 4.74 Å². The van der Waals surface area contributed by atoms with E-state index in [1.807, 2.05) is 6.92 Å². The van der Waals surface area contributed by atoms with E-state index in [2.05, 4.69) is 65.6 Å². The van der Waals surface area contributed by atoms with Crippen molar-refractivity contribution in [1.29, 1.82) is 0 Å². The van der Waals surface area contributed by atoms with Crippen molar-refractivity contribution >= 4 is 6.08 Å². The van der Waals surface area contributed by atoms with E-state index in [1.54, 1.807) is 0 Å². The Labute approximate surface area is 120 Å². The van der Waals surface area contributed by atoms with Gasteiger partial charge in [0.1, 0.15) is 12.5 Å². The Morgan fingerprint density at radius 1 is 1.10 bits per heavy atom. The first-order chi connectivity index (χ1) is 9.86. The molecule has 1 heterocycles.